The topological polar surface area (TPSA) is 80.5 Å². The normalized spacial score (nSPS) is 19.2. The van der Waals surface area contributed by atoms with Gasteiger partial charge >= 0.3 is 6.09 Å². The predicted molar refractivity (Wildman–Crippen MR) is 116 cm³/mol. The molecular formula is C23H32N4O2. The Morgan fingerprint density at radius 1 is 1.24 bits per heavy atom. The van der Waals surface area contributed by atoms with Crippen molar-refractivity contribution in [2.75, 3.05) is 18.0 Å². The molecule has 0 spiro atoms. The lowest BCUT2D eigenvalue weighted by atomic mass is 9.97. The van der Waals surface area contributed by atoms with E-state index in [2.05, 4.69) is 11.4 Å². The van der Waals surface area contributed by atoms with Crippen molar-refractivity contribution in [3.8, 4) is 0 Å². The Balaban J connectivity index is 1.90. The third kappa shape index (κ3) is 6.02. The molecule has 6 nitrogen and oxygen atoms in total. The Labute approximate surface area is 173 Å². The van der Waals surface area contributed by atoms with Crippen molar-refractivity contribution in [2.45, 2.75) is 52.3 Å². The van der Waals surface area contributed by atoms with E-state index in [1.165, 1.54) is 0 Å². The molecule has 29 heavy (non-hydrogen) atoms. The van der Waals surface area contributed by atoms with Crippen LogP contribution in [0.2, 0.25) is 0 Å². The summed E-state index contributed by atoms with van der Waals surface area (Å²) in [5, 5.41) is 3.33. The second-order valence-electron chi connectivity index (χ2n) is 8.83. The van der Waals surface area contributed by atoms with Crippen LogP contribution in [-0.2, 0) is 17.7 Å². The number of benzene rings is 1. The number of hydrogen-bond donors (Lipinski definition) is 2. The Morgan fingerprint density at radius 3 is 2.59 bits per heavy atom. The van der Waals surface area contributed by atoms with Crippen LogP contribution in [0.25, 0.3) is 0 Å². The summed E-state index contributed by atoms with van der Waals surface area (Å²) < 4.78 is 5.67. The molecular weight excluding hydrogens is 364 g/mol. The van der Waals surface area contributed by atoms with Gasteiger partial charge in [-0.1, -0.05) is 30.3 Å². The fraction of sp³-hybridized carbons (Fsp3) is 0.478. The molecule has 0 saturated carbocycles. The number of ether oxygens (including phenoxy) is 1. The maximum Gasteiger partial charge on any atom is 0.416 e. The summed E-state index contributed by atoms with van der Waals surface area (Å²) in [6, 6.07) is 14.0. The fourth-order valence-electron chi connectivity index (χ4n) is 3.53. The zero-order chi connectivity index (χ0) is 21.0. The van der Waals surface area contributed by atoms with E-state index in [0.29, 0.717) is 18.3 Å². The SMILES string of the molecule is Cc1cc(CC2CNCC2N)nc(N(Cc2ccccc2)C(=O)OC(C)(C)C)c1. The van der Waals surface area contributed by atoms with E-state index in [9.17, 15) is 4.79 Å². The van der Waals surface area contributed by atoms with E-state index in [-0.39, 0.29) is 6.04 Å². The monoisotopic (exact) mass is 396 g/mol. The van der Waals surface area contributed by atoms with Crippen LogP contribution in [0.5, 0.6) is 0 Å². The highest BCUT2D eigenvalue weighted by Gasteiger charge is 2.27. The van der Waals surface area contributed by atoms with Gasteiger partial charge in [-0.15, -0.1) is 0 Å². The van der Waals surface area contributed by atoms with Gasteiger partial charge in [-0.3, -0.25) is 4.90 Å². The summed E-state index contributed by atoms with van der Waals surface area (Å²) in [6.45, 7) is 9.76. The number of anilines is 1. The van der Waals surface area contributed by atoms with Crippen molar-refractivity contribution in [3.63, 3.8) is 0 Å². The number of pyridine rings is 1. The first-order chi connectivity index (χ1) is 13.7. The third-order valence-corrected chi connectivity index (χ3v) is 4.95. The molecule has 156 valence electrons. The molecule has 1 aliphatic rings. The van der Waals surface area contributed by atoms with Crippen molar-refractivity contribution in [1.29, 1.82) is 0 Å². The van der Waals surface area contributed by atoms with Gasteiger partial charge < -0.3 is 15.8 Å². The van der Waals surface area contributed by atoms with E-state index in [1.807, 2.05) is 64.1 Å². The molecule has 2 aromatic rings. The van der Waals surface area contributed by atoms with Gasteiger partial charge in [0.1, 0.15) is 11.4 Å². The molecule has 1 amide bonds. The number of nitrogens with one attached hydrogen (secondary N) is 1. The number of hydrogen-bond acceptors (Lipinski definition) is 5. The maximum absolute atomic E-state index is 13.0. The quantitative estimate of drug-likeness (QED) is 0.809. The number of aryl methyl sites for hydroxylation is 1. The molecule has 2 atom stereocenters. The molecule has 1 fully saturated rings. The highest BCUT2D eigenvalue weighted by molar-refractivity contribution is 5.86. The van der Waals surface area contributed by atoms with Gasteiger partial charge in [0.05, 0.1) is 6.54 Å². The summed E-state index contributed by atoms with van der Waals surface area (Å²) in [5.74, 6) is 0.957. The molecule has 2 unspecified atom stereocenters. The van der Waals surface area contributed by atoms with E-state index in [0.717, 1.165) is 36.3 Å². The molecule has 1 aromatic heterocycles. The zero-order valence-corrected chi connectivity index (χ0v) is 17.8. The molecule has 0 aliphatic carbocycles. The van der Waals surface area contributed by atoms with Crippen molar-refractivity contribution < 1.29 is 9.53 Å². The number of amides is 1. The maximum atomic E-state index is 13.0. The lowest BCUT2D eigenvalue weighted by Crippen LogP contribution is -2.37. The van der Waals surface area contributed by atoms with E-state index in [1.54, 1.807) is 4.90 Å². The van der Waals surface area contributed by atoms with Gasteiger partial charge in [-0.2, -0.15) is 0 Å². The number of rotatable bonds is 5. The minimum atomic E-state index is -0.582. The predicted octanol–water partition coefficient (Wildman–Crippen LogP) is 3.42. The van der Waals surface area contributed by atoms with Gasteiger partial charge in [-0.25, -0.2) is 9.78 Å². The van der Waals surface area contributed by atoms with Crippen LogP contribution in [0.15, 0.2) is 42.5 Å². The number of nitrogens with two attached hydrogens (primary N) is 1. The van der Waals surface area contributed by atoms with Crippen molar-refractivity contribution in [1.82, 2.24) is 10.3 Å². The molecule has 1 aliphatic heterocycles. The van der Waals surface area contributed by atoms with Gasteiger partial charge in [-0.05, 0) is 69.8 Å². The van der Waals surface area contributed by atoms with Gasteiger partial charge in [0.15, 0.2) is 0 Å². The van der Waals surface area contributed by atoms with Crippen LogP contribution in [-0.4, -0.2) is 35.8 Å². The van der Waals surface area contributed by atoms with Gasteiger partial charge in [0.2, 0.25) is 0 Å². The van der Waals surface area contributed by atoms with E-state index in [4.69, 9.17) is 15.5 Å². The molecule has 3 rings (SSSR count). The molecule has 1 aromatic carbocycles. The van der Waals surface area contributed by atoms with Crippen LogP contribution in [0, 0.1) is 12.8 Å². The number of aromatic nitrogens is 1. The van der Waals surface area contributed by atoms with Gasteiger partial charge in [0, 0.05) is 18.3 Å². The average Bonchev–Trinajstić information content (AvgIpc) is 3.03. The lowest BCUT2D eigenvalue weighted by Gasteiger charge is -2.27. The van der Waals surface area contributed by atoms with Crippen LogP contribution < -0.4 is 16.0 Å². The minimum absolute atomic E-state index is 0.132. The Kier molecular flexibility index (Phi) is 6.55. The molecule has 2 heterocycles. The molecule has 6 heteroatoms. The van der Waals surface area contributed by atoms with Crippen molar-refractivity contribution in [3.05, 3.63) is 59.3 Å². The molecule has 0 radical (unpaired) electrons. The van der Waals surface area contributed by atoms with Crippen LogP contribution in [0.4, 0.5) is 10.6 Å². The van der Waals surface area contributed by atoms with Crippen molar-refractivity contribution in [2.24, 2.45) is 11.7 Å². The first-order valence-corrected chi connectivity index (χ1v) is 10.2. The summed E-state index contributed by atoms with van der Waals surface area (Å²) in [5.41, 5.74) is 8.66. The summed E-state index contributed by atoms with van der Waals surface area (Å²) in [4.78, 5) is 19.5. The van der Waals surface area contributed by atoms with Crippen LogP contribution in [0.3, 0.4) is 0 Å². The highest BCUT2D eigenvalue weighted by Crippen LogP contribution is 2.23. The number of carbonyl (C=O) groups is 1. The average molecular weight is 397 g/mol. The summed E-state index contributed by atoms with van der Waals surface area (Å²) in [6.07, 6.45) is 0.390. The van der Waals surface area contributed by atoms with Crippen LogP contribution >= 0.6 is 0 Å². The first kappa shape index (κ1) is 21.3. The minimum Gasteiger partial charge on any atom is -0.443 e. The highest BCUT2D eigenvalue weighted by atomic mass is 16.6. The van der Waals surface area contributed by atoms with Crippen LogP contribution in [0.1, 0.15) is 37.6 Å². The van der Waals surface area contributed by atoms with E-state index >= 15 is 0 Å². The Hall–Kier alpha value is -2.44. The number of carbonyl (C=O) groups excluding carboxylic acids is 1. The summed E-state index contributed by atoms with van der Waals surface area (Å²) >= 11 is 0. The second-order valence-corrected chi connectivity index (χ2v) is 8.83. The smallest absolute Gasteiger partial charge is 0.416 e. The second kappa shape index (κ2) is 8.93. The standard InChI is InChI=1S/C23H32N4O2/c1-16-10-19(12-18-13-25-14-20(18)24)26-21(11-16)27(22(28)29-23(2,3)4)15-17-8-6-5-7-9-17/h5-11,18,20,25H,12-15,24H2,1-4H3. The Bertz CT molecular complexity index is 833. The van der Waals surface area contributed by atoms with Crippen molar-refractivity contribution >= 4 is 11.9 Å². The molecule has 0 bridgehead atoms. The Morgan fingerprint density at radius 2 is 1.97 bits per heavy atom. The molecule has 1 saturated heterocycles. The van der Waals surface area contributed by atoms with E-state index < -0.39 is 11.7 Å². The first-order valence-electron chi connectivity index (χ1n) is 10.2. The zero-order valence-electron chi connectivity index (χ0n) is 17.8. The fourth-order valence-corrected chi connectivity index (χ4v) is 3.53. The third-order valence-electron chi connectivity index (χ3n) is 4.95. The number of nitrogens with zero attached hydrogens (tertiary/aromatic N) is 2. The molecule has 3 N–H and O–H groups in total. The summed E-state index contributed by atoms with van der Waals surface area (Å²) in [7, 11) is 0. The lowest BCUT2D eigenvalue weighted by molar-refractivity contribution is 0.0576. The largest absolute Gasteiger partial charge is 0.443 e. The van der Waals surface area contributed by atoms with Gasteiger partial charge in [0.25, 0.3) is 0 Å².